The Morgan fingerprint density at radius 1 is 1.26 bits per heavy atom. The lowest BCUT2D eigenvalue weighted by Gasteiger charge is -2.27. The number of carboxylic acids is 1. The Balaban J connectivity index is 2.86. The van der Waals surface area contributed by atoms with Crippen molar-refractivity contribution in [1.82, 2.24) is 0 Å². The van der Waals surface area contributed by atoms with Gasteiger partial charge in [-0.3, -0.25) is 4.79 Å². The summed E-state index contributed by atoms with van der Waals surface area (Å²) in [6.45, 7) is 10.0. The Hall–Kier alpha value is -1.51. The van der Waals surface area contributed by atoms with E-state index in [9.17, 15) is 4.79 Å². The predicted octanol–water partition coefficient (Wildman–Crippen LogP) is 3.63. The van der Waals surface area contributed by atoms with E-state index in [-0.39, 0.29) is 6.42 Å². The first-order valence-corrected chi connectivity index (χ1v) is 6.94. The van der Waals surface area contributed by atoms with Gasteiger partial charge in [0.05, 0.1) is 6.42 Å². The SMILES string of the molecule is Cc1ccc(C)c(N(CCC(=O)O)CCC(C)C)c1. The highest BCUT2D eigenvalue weighted by Gasteiger charge is 2.12. The van der Waals surface area contributed by atoms with Crippen LogP contribution in [0.1, 0.15) is 37.8 Å². The zero-order valence-electron chi connectivity index (χ0n) is 12.4. The molecule has 0 heterocycles. The van der Waals surface area contributed by atoms with Gasteiger partial charge >= 0.3 is 5.97 Å². The van der Waals surface area contributed by atoms with Gasteiger partial charge in [-0.15, -0.1) is 0 Å². The number of nitrogens with zero attached hydrogens (tertiary/aromatic N) is 1. The molecule has 3 heteroatoms. The molecule has 1 aromatic carbocycles. The number of hydrogen-bond donors (Lipinski definition) is 1. The van der Waals surface area contributed by atoms with Crippen molar-refractivity contribution in [2.45, 2.75) is 40.5 Å². The second-order valence-electron chi connectivity index (χ2n) is 5.60. The van der Waals surface area contributed by atoms with E-state index in [0.717, 1.165) is 13.0 Å². The van der Waals surface area contributed by atoms with E-state index in [2.05, 4.69) is 50.8 Å². The molecule has 0 saturated carbocycles. The van der Waals surface area contributed by atoms with Gasteiger partial charge in [0.2, 0.25) is 0 Å². The number of hydrogen-bond acceptors (Lipinski definition) is 2. The van der Waals surface area contributed by atoms with Gasteiger partial charge in [0.25, 0.3) is 0 Å². The van der Waals surface area contributed by atoms with E-state index in [1.54, 1.807) is 0 Å². The lowest BCUT2D eigenvalue weighted by molar-refractivity contribution is -0.136. The quantitative estimate of drug-likeness (QED) is 0.816. The van der Waals surface area contributed by atoms with Crippen LogP contribution in [0.2, 0.25) is 0 Å². The van der Waals surface area contributed by atoms with Crippen molar-refractivity contribution in [3.63, 3.8) is 0 Å². The van der Waals surface area contributed by atoms with E-state index in [4.69, 9.17) is 5.11 Å². The maximum absolute atomic E-state index is 10.8. The van der Waals surface area contributed by atoms with E-state index in [0.29, 0.717) is 12.5 Å². The predicted molar refractivity (Wildman–Crippen MR) is 79.8 cm³/mol. The highest BCUT2D eigenvalue weighted by molar-refractivity contribution is 5.68. The van der Waals surface area contributed by atoms with Crippen molar-refractivity contribution >= 4 is 11.7 Å². The molecule has 3 nitrogen and oxygen atoms in total. The summed E-state index contributed by atoms with van der Waals surface area (Å²) in [6, 6.07) is 6.35. The molecule has 1 aromatic rings. The molecule has 0 radical (unpaired) electrons. The van der Waals surface area contributed by atoms with Crippen LogP contribution in [0.3, 0.4) is 0 Å². The fraction of sp³-hybridized carbons (Fsp3) is 0.562. The zero-order chi connectivity index (χ0) is 14.4. The summed E-state index contributed by atoms with van der Waals surface area (Å²) in [4.78, 5) is 13.0. The first-order valence-electron chi connectivity index (χ1n) is 6.94. The first kappa shape index (κ1) is 15.5. The topological polar surface area (TPSA) is 40.5 Å². The van der Waals surface area contributed by atoms with Gasteiger partial charge in [0.1, 0.15) is 0 Å². The van der Waals surface area contributed by atoms with E-state index in [1.165, 1.54) is 16.8 Å². The highest BCUT2D eigenvalue weighted by atomic mass is 16.4. The molecule has 0 unspecified atom stereocenters. The van der Waals surface area contributed by atoms with Gasteiger partial charge in [-0.2, -0.15) is 0 Å². The van der Waals surface area contributed by atoms with E-state index < -0.39 is 5.97 Å². The second-order valence-corrected chi connectivity index (χ2v) is 5.60. The van der Waals surface area contributed by atoms with Gasteiger partial charge in [-0.25, -0.2) is 0 Å². The number of carbonyl (C=O) groups is 1. The minimum absolute atomic E-state index is 0.186. The van der Waals surface area contributed by atoms with Crippen molar-refractivity contribution in [3.05, 3.63) is 29.3 Å². The number of aryl methyl sites for hydroxylation is 2. The molecule has 1 N–H and O–H groups in total. The lowest BCUT2D eigenvalue weighted by atomic mass is 10.1. The summed E-state index contributed by atoms with van der Waals surface area (Å²) in [7, 11) is 0. The third-order valence-electron chi connectivity index (χ3n) is 3.28. The molecule has 0 aliphatic rings. The second kappa shape index (κ2) is 7.17. The molecule has 19 heavy (non-hydrogen) atoms. The normalized spacial score (nSPS) is 10.8. The molecule has 0 spiro atoms. The van der Waals surface area contributed by atoms with Gasteiger partial charge < -0.3 is 10.0 Å². The van der Waals surface area contributed by atoms with Crippen molar-refractivity contribution in [3.8, 4) is 0 Å². The van der Waals surface area contributed by atoms with Crippen LogP contribution in [-0.4, -0.2) is 24.2 Å². The summed E-state index contributed by atoms with van der Waals surface area (Å²) in [5.41, 5.74) is 3.59. The molecule has 0 aliphatic carbocycles. The van der Waals surface area contributed by atoms with Crippen molar-refractivity contribution < 1.29 is 9.90 Å². The van der Waals surface area contributed by atoms with Gasteiger partial charge in [0, 0.05) is 18.8 Å². The van der Waals surface area contributed by atoms with Crippen LogP contribution in [-0.2, 0) is 4.79 Å². The maximum atomic E-state index is 10.8. The van der Waals surface area contributed by atoms with Crippen LogP contribution in [0, 0.1) is 19.8 Å². The average Bonchev–Trinajstić information content (AvgIpc) is 2.32. The molecular formula is C16H25NO2. The molecule has 0 aromatic heterocycles. The van der Waals surface area contributed by atoms with E-state index >= 15 is 0 Å². The van der Waals surface area contributed by atoms with E-state index in [1.807, 2.05) is 0 Å². The lowest BCUT2D eigenvalue weighted by Crippen LogP contribution is -2.28. The fourth-order valence-corrected chi connectivity index (χ4v) is 2.06. The largest absolute Gasteiger partial charge is 0.481 e. The van der Waals surface area contributed by atoms with Crippen molar-refractivity contribution in [2.24, 2.45) is 5.92 Å². The molecule has 0 amide bonds. The fourth-order valence-electron chi connectivity index (χ4n) is 2.06. The van der Waals surface area contributed by atoms with Crippen LogP contribution in [0.5, 0.6) is 0 Å². The summed E-state index contributed by atoms with van der Waals surface area (Å²) in [5.74, 6) is -0.114. The molecule has 0 aliphatic heterocycles. The standard InChI is InChI=1S/C16H25NO2/c1-12(2)7-9-17(10-8-16(18)19)15-11-13(3)5-6-14(15)4/h5-6,11-12H,7-10H2,1-4H3,(H,18,19). The minimum Gasteiger partial charge on any atom is -0.481 e. The van der Waals surface area contributed by atoms with Crippen LogP contribution >= 0.6 is 0 Å². The first-order chi connectivity index (χ1) is 8.90. The summed E-state index contributed by atoms with van der Waals surface area (Å²) in [5, 5.41) is 8.88. The molecule has 0 fully saturated rings. The minimum atomic E-state index is -0.736. The molecule has 0 atom stereocenters. The molecular weight excluding hydrogens is 238 g/mol. The Morgan fingerprint density at radius 3 is 2.53 bits per heavy atom. The summed E-state index contributed by atoms with van der Waals surface area (Å²) in [6.07, 6.45) is 1.26. The number of anilines is 1. The Bertz CT molecular complexity index is 427. The monoisotopic (exact) mass is 263 g/mol. The maximum Gasteiger partial charge on any atom is 0.305 e. The molecule has 1 rings (SSSR count). The molecule has 0 bridgehead atoms. The number of carboxylic acid groups (broad SMARTS) is 1. The number of benzene rings is 1. The zero-order valence-corrected chi connectivity index (χ0v) is 12.4. The Morgan fingerprint density at radius 2 is 1.95 bits per heavy atom. The third kappa shape index (κ3) is 5.33. The van der Waals surface area contributed by atoms with Gasteiger partial charge in [-0.1, -0.05) is 26.0 Å². The Labute approximate surface area is 116 Å². The van der Waals surface area contributed by atoms with Crippen LogP contribution < -0.4 is 4.90 Å². The van der Waals surface area contributed by atoms with Crippen LogP contribution in [0.4, 0.5) is 5.69 Å². The number of rotatable bonds is 7. The summed E-state index contributed by atoms with van der Waals surface area (Å²) < 4.78 is 0. The van der Waals surface area contributed by atoms with Crippen molar-refractivity contribution in [2.75, 3.05) is 18.0 Å². The van der Waals surface area contributed by atoms with Gasteiger partial charge in [0.15, 0.2) is 0 Å². The van der Waals surface area contributed by atoms with Crippen LogP contribution in [0.15, 0.2) is 18.2 Å². The summed E-state index contributed by atoms with van der Waals surface area (Å²) >= 11 is 0. The molecule has 0 saturated heterocycles. The highest BCUT2D eigenvalue weighted by Crippen LogP contribution is 2.22. The average molecular weight is 263 g/mol. The van der Waals surface area contributed by atoms with Gasteiger partial charge in [-0.05, 0) is 43.4 Å². The number of aliphatic carboxylic acids is 1. The smallest absolute Gasteiger partial charge is 0.305 e. The van der Waals surface area contributed by atoms with Crippen LogP contribution in [0.25, 0.3) is 0 Å². The Kier molecular flexibility index (Phi) is 5.87. The third-order valence-corrected chi connectivity index (χ3v) is 3.28. The molecule has 106 valence electrons. The van der Waals surface area contributed by atoms with Crippen molar-refractivity contribution in [1.29, 1.82) is 0 Å².